The highest BCUT2D eigenvalue weighted by molar-refractivity contribution is 5.96. The Morgan fingerprint density at radius 1 is 0.769 bits per heavy atom. The van der Waals surface area contributed by atoms with Gasteiger partial charge in [-0.25, -0.2) is 4.79 Å². The fraction of sp³-hybridized carbons (Fsp3) is 0.429. The standard InChI is InChI=1S/C35H42O4/c1-3-5-7-26-16-20-30(21-17-26)35(38)39-31-22-23-32(34(36)37)33(24-31)29-18-14-28(15-19-29)13-12-27-10-8-25(6-4-2)9-11-27/h14-25,27H,3-13H2,1-2H3,(H,36,37)/p-1. The molecule has 0 radical (unpaired) electrons. The molecule has 0 bridgehead atoms. The molecule has 4 heteroatoms. The minimum Gasteiger partial charge on any atom is -0.545 e. The minimum absolute atomic E-state index is 0.0756. The number of ether oxygens (including phenoxy) is 1. The second-order valence-corrected chi connectivity index (χ2v) is 11.1. The topological polar surface area (TPSA) is 66.4 Å². The molecule has 3 aromatic carbocycles. The molecule has 0 saturated heterocycles. The van der Waals surface area contributed by atoms with Crippen LogP contribution in [-0.2, 0) is 12.8 Å². The van der Waals surface area contributed by atoms with E-state index in [1.165, 1.54) is 68.2 Å². The summed E-state index contributed by atoms with van der Waals surface area (Å²) in [5.41, 5.74) is 4.23. The van der Waals surface area contributed by atoms with Crippen LogP contribution >= 0.6 is 0 Å². The molecule has 39 heavy (non-hydrogen) atoms. The van der Waals surface area contributed by atoms with Gasteiger partial charge in [0.2, 0.25) is 0 Å². The molecule has 3 aromatic rings. The average Bonchev–Trinajstić information content (AvgIpc) is 2.96. The predicted molar refractivity (Wildman–Crippen MR) is 155 cm³/mol. The molecule has 206 valence electrons. The van der Waals surface area contributed by atoms with Crippen LogP contribution in [0.25, 0.3) is 11.1 Å². The maximum atomic E-state index is 12.8. The zero-order valence-electron chi connectivity index (χ0n) is 23.4. The van der Waals surface area contributed by atoms with Gasteiger partial charge in [-0.1, -0.05) is 95.2 Å². The van der Waals surface area contributed by atoms with E-state index in [1.54, 1.807) is 18.2 Å². The summed E-state index contributed by atoms with van der Waals surface area (Å²) in [4.78, 5) is 24.6. The van der Waals surface area contributed by atoms with Crippen LogP contribution in [-0.4, -0.2) is 11.9 Å². The summed E-state index contributed by atoms with van der Waals surface area (Å²) < 4.78 is 5.62. The van der Waals surface area contributed by atoms with Crippen molar-refractivity contribution in [3.05, 3.63) is 89.0 Å². The van der Waals surface area contributed by atoms with Gasteiger partial charge in [-0.3, -0.25) is 0 Å². The number of carboxylic acids is 1. The van der Waals surface area contributed by atoms with Gasteiger partial charge in [-0.2, -0.15) is 0 Å². The normalized spacial score (nSPS) is 17.1. The van der Waals surface area contributed by atoms with Crippen molar-refractivity contribution in [1.29, 1.82) is 0 Å². The molecule has 0 heterocycles. The summed E-state index contributed by atoms with van der Waals surface area (Å²) in [6.07, 6.45) is 13.5. The van der Waals surface area contributed by atoms with Crippen molar-refractivity contribution in [1.82, 2.24) is 0 Å². The van der Waals surface area contributed by atoms with Crippen LogP contribution in [0, 0.1) is 11.8 Å². The van der Waals surface area contributed by atoms with E-state index in [1.807, 2.05) is 24.3 Å². The number of benzene rings is 3. The highest BCUT2D eigenvalue weighted by Crippen LogP contribution is 2.34. The Labute approximate surface area is 233 Å². The van der Waals surface area contributed by atoms with Crippen LogP contribution in [0.15, 0.2) is 66.7 Å². The van der Waals surface area contributed by atoms with Gasteiger partial charge < -0.3 is 14.6 Å². The van der Waals surface area contributed by atoms with Crippen molar-refractivity contribution in [2.75, 3.05) is 0 Å². The van der Waals surface area contributed by atoms with Gasteiger partial charge in [0.05, 0.1) is 11.5 Å². The van der Waals surface area contributed by atoms with E-state index in [-0.39, 0.29) is 5.56 Å². The molecule has 0 amide bonds. The van der Waals surface area contributed by atoms with Crippen LogP contribution in [0.2, 0.25) is 0 Å². The summed E-state index contributed by atoms with van der Waals surface area (Å²) in [7, 11) is 0. The Bertz CT molecular complexity index is 1220. The number of rotatable bonds is 12. The minimum atomic E-state index is -1.26. The average molecular weight is 526 g/mol. The molecule has 0 atom stereocenters. The first-order valence-electron chi connectivity index (χ1n) is 14.7. The van der Waals surface area contributed by atoms with Crippen LogP contribution in [0.1, 0.15) is 103 Å². The van der Waals surface area contributed by atoms with Crippen molar-refractivity contribution < 1.29 is 19.4 Å². The molecule has 0 aliphatic heterocycles. The number of unbranched alkanes of at least 4 members (excludes halogenated alkanes) is 1. The Morgan fingerprint density at radius 3 is 2.00 bits per heavy atom. The molecular weight excluding hydrogens is 484 g/mol. The highest BCUT2D eigenvalue weighted by atomic mass is 16.5. The van der Waals surface area contributed by atoms with Gasteiger partial charge in [-0.05, 0) is 90.1 Å². The highest BCUT2D eigenvalue weighted by Gasteiger charge is 2.20. The summed E-state index contributed by atoms with van der Waals surface area (Å²) in [5, 5.41) is 11.8. The van der Waals surface area contributed by atoms with E-state index in [2.05, 4.69) is 26.0 Å². The molecule has 0 aromatic heterocycles. The molecular formula is C35H41O4-. The number of esters is 1. The van der Waals surface area contributed by atoms with E-state index >= 15 is 0 Å². The summed E-state index contributed by atoms with van der Waals surface area (Å²) >= 11 is 0. The Balaban J connectivity index is 1.41. The summed E-state index contributed by atoms with van der Waals surface area (Å²) in [6, 6.07) is 20.1. The van der Waals surface area contributed by atoms with E-state index in [4.69, 9.17) is 4.74 Å². The number of carboxylic acid groups (broad SMARTS) is 1. The molecule has 1 aliphatic carbocycles. The first-order valence-corrected chi connectivity index (χ1v) is 14.7. The van der Waals surface area contributed by atoms with Gasteiger partial charge in [0.1, 0.15) is 5.75 Å². The molecule has 1 aliphatic rings. The van der Waals surface area contributed by atoms with Crippen LogP contribution in [0.4, 0.5) is 0 Å². The number of hydrogen-bond donors (Lipinski definition) is 0. The van der Waals surface area contributed by atoms with Crippen molar-refractivity contribution in [2.24, 2.45) is 11.8 Å². The van der Waals surface area contributed by atoms with Crippen LogP contribution in [0.3, 0.4) is 0 Å². The molecule has 4 nitrogen and oxygen atoms in total. The zero-order valence-corrected chi connectivity index (χ0v) is 23.4. The molecule has 1 saturated carbocycles. The fourth-order valence-electron chi connectivity index (χ4n) is 5.80. The van der Waals surface area contributed by atoms with Gasteiger partial charge in [0, 0.05) is 5.56 Å². The second kappa shape index (κ2) is 14.1. The number of carbonyl (C=O) groups excluding carboxylic acids is 2. The van der Waals surface area contributed by atoms with Crippen LogP contribution < -0.4 is 9.84 Å². The second-order valence-electron chi connectivity index (χ2n) is 11.1. The zero-order chi connectivity index (χ0) is 27.6. The SMILES string of the molecule is CCCCc1ccc(C(=O)Oc2ccc(C(=O)[O-])c(-c3ccc(CCC4CCC(CCC)CC4)cc3)c2)cc1. The third-order valence-electron chi connectivity index (χ3n) is 8.20. The van der Waals surface area contributed by atoms with Crippen molar-refractivity contribution in [2.45, 2.75) is 84.5 Å². The van der Waals surface area contributed by atoms with E-state index in [9.17, 15) is 14.7 Å². The summed E-state index contributed by atoms with van der Waals surface area (Å²) in [5.74, 6) is 0.311. The monoisotopic (exact) mass is 525 g/mol. The fourth-order valence-corrected chi connectivity index (χ4v) is 5.80. The van der Waals surface area contributed by atoms with Gasteiger partial charge in [-0.15, -0.1) is 0 Å². The third kappa shape index (κ3) is 8.05. The van der Waals surface area contributed by atoms with Crippen molar-refractivity contribution in [3.63, 3.8) is 0 Å². The number of aromatic carboxylic acids is 1. The smallest absolute Gasteiger partial charge is 0.343 e. The molecule has 1 fully saturated rings. The third-order valence-corrected chi connectivity index (χ3v) is 8.20. The maximum absolute atomic E-state index is 12.8. The quantitative estimate of drug-likeness (QED) is 0.179. The molecule has 0 unspecified atom stereocenters. The lowest BCUT2D eigenvalue weighted by Crippen LogP contribution is -2.23. The van der Waals surface area contributed by atoms with Gasteiger partial charge >= 0.3 is 5.97 Å². The van der Waals surface area contributed by atoms with Crippen LogP contribution in [0.5, 0.6) is 5.75 Å². The lowest BCUT2D eigenvalue weighted by Gasteiger charge is -2.28. The summed E-state index contributed by atoms with van der Waals surface area (Å²) in [6.45, 7) is 4.43. The lowest BCUT2D eigenvalue weighted by molar-refractivity contribution is -0.254. The Kier molecular flexibility index (Phi) is 10.4. The van der Waals surface area contributed by atoms with Crippen molar-refractivity contribution >= 4 is 11.9 Å². The Morgan fingerprint density at radius 2 is 1.38 bits per heavy atom. The lowest BCUT2D eigenvalue weighted by atomic mass is 9.78. The number of carbonyl (C=O) groups is 2. The first-order chi connectivity index (χ1) is 19.0. The largest absolute Gasteiger partial charge is 0.545 e. The number of hydrogen-bond acceptors (Lipinski definition) is 4. The molecule has 4 rings (SSSR count). The van der Waals surface area contributed by atoms with Gasteiger partial charge in [0.25, 0.3) is 0 Å². The molecule has 0 N–H and O–H groups in total. The van der Waals surface area contributed by atoms with Gasteiger partial charge in [0.15, 0.2) is 0 Å². The Hall–Kier alpha value is -3.40. The van der Waals surface area contributed by atoms with E-state index in [0.29, 0.717) is 16.9 Å². The first kappa shape index (κ1) is 28.6. The molecule has 0 spiro atoms. The van der Waals surface area contributed by atoms with E-state index < -0.39 is 11.9 Å². The van der Waals surface area contributed by atoms with Crippen molar-refractivity contribution in [3.8, 4) is 16.9 Å². The number of aryl methyl sites for hydroxylation is 2. The predicted octanol–water partition coefficient (Wildman–Crippen LogP) is 7.82. The maximum Gasteiger partial charge on any atom is 0.343 e. The van der Waals surface area contributed by atoms with E-state index in [0.717, 1.165) is 43.1 Å².